The summed E-state index contributed by atoms with van der Waals surface area (Å²) in [5.74, 6) is -3.65. The van der Waals surface area contributed by atoms with Crippen molar-refractivity contribution in [2.45, 2.75) is 11.4 Å². The van der Waals surface area contributed by atoms with Gasteiger partial charge in [0.05, 0.1) is 4.90 Å². The van der Waals surface area contributed by atoms with Crippen LogP contribution in [0, 0.1) is 0 Å². The van der Waals surface area contributed by atoms with Crippen molar-refractivity contribution in [2.24, 2.45) is 0 Å². The molecule has 2 N–H and O–H groups in total. The fourth-order valence-corrected chi connectivity index (χ4v) is 5.10. The highest BCUT2D eigenvalue weighted by atomic mass is 35.5. The van der Waals surface area contributed by atoms with Gasteiger partial charge in [-0.15, -0.1) is 0 Å². The molecule has 1 aliphatic rings. The van der Waals surface area contributed by atoms with Gasteiger partial charge < -0.3 is 10.2 Å². The highest BCUT2D eigenvalue weighted by molar-refractivity contribution is 7.89. The number of carbonyl (C=O) groups is 2. The quantitative estimate of drug-likeness (QED) is 0.540. The minimum Gasteiger partial charge on any atom is -0.473 e. The van der Waals surface area contributed by atoms with E-state index in [1.165, 1.54) is 16.3 Å². The van der Waals surface area contributed by atoms with Crippen LogP contribution in [0.15, 0.2) is 71.6 Å². The second-order valence-electron chi connectivity index (χ2n) is 7.38. The van der Waals surface area contributed by atoms with Gasteiger partial charge in [-0.2, -0.15) is 4.31 Å². The van der Waals surface area contributed by atoms with Crippen molar-refractivity contribution in [1.29, 1.82) is 0 Å². The van der Waals surface area contributed by atoms with Gasteiger partial charge in [-0.25, -0.2) is 18.0 Å². The molecule has 4 rings (SSSR count). The van der Waals surface area contributed by atoms with Crippen molar-refractivity contribution in [3.63, 3.8) is 0 Å². The molecule has 10 heteroatoms. The Kier molecular flexibility index (Phi) is 8.04. The van der Waals surface area contributed by atoms with E-state index < -0.39 is 22.0 Å². The van der Waals surface area contributed by atoms with Gasteiger partial charge in [0.2, 0.25) is 10.0 Å². The summed E-state index contributed by atoms with van der Waals surface area (Å²) in [5.41, 5.74) is 1.28. The average molecular weight is 491 g/mol. The highest BCUT2D eigenvalue weighted by Crippen LogP contribution is 2.23. The van der Waals surface area contributed by atoms with Crippen LogP contribution in [-0.2, 0) is 26.2 Å². The second kappa shape index (κ2) is 10.8. The molecule has 0 spiro atoms. The molecule has 0 radical (unpaired) electrons. The van der Waals surface area contributed by atoms with E-state index in [9.17, 15) is 8.42 Å². The van der Waals surface area contributed by atoms with E-state index in [2.05, 4.69) is 41.3 Å². The average Bonchev–Trinajstić information content (AvgIpc) is 2.80. The van der Waals surface area contributed by atoms with Crippen LogP contribution in [0.2, 0.25) is 5.02 Å². The topological polar surface area (TPSA) is 115 Å². The van der Waals surface area contributed by atoms with Crippen LogP contribution in [0.4, 0.5) is 0 Å². The third-order valence-electron chi connectivity index (χ3n) is 5.24. The molecule has 0 unspecified atom stereocenters. The van der Waals surface area contributed by atoms with Crippen LogP contribution in [0.3, 0.4) is 0 Å². The zero-order valence-electron chi connectivity index (χ0n) is 17.6. The van der Waals surface area contributed by atoms with E-state index in [1.807, 2.05) is 6.07 Å². The number of piperazine rings is 1. The minimum atomic E-state index is -3.46. The van der Waals surface area contributed by atoms with Crippen LogP contribution in [0.1, 0.15) is 5.56 Å². The van der Waals surface area contributed by atoms with Crippen LogP contribution in [0.25, 0.3) is 10.8 Å². The summed E-state index contributed by atoms with van der Waals surface area (Å²) >= 11 is 5.87. The van der Waals surface area contributed by atoms with Gasteiger partial charge in [0.15, 0.2) is 0 Å². The number of hydrogen-bond donors (Lipinski definition) is 2. The van der Waals surface area contributed by atoms with E-state index >= 15 is 0 Å². The lowest BCUT2D eigenvalue weighted by atomic mass is 10.0. The Hall–Kier alpha value is -2.98. The lowest BCUT2D eigenvalue weighted by Gasteiger charge is -2.34. The maximum Gasteiger partial charge on any atom is 0.414 e. The Morgan fingerprint density at radius 2 is 1.39 bits per heavy atom. The zero-order chi connectivity index (χ0) is 24.0. The second-order valence-corrected chi connectivity index (χ2v) is 9.76. The number of sulfonamides is 1. The summed E-state index contributed by atoms with van der Waals surface area (Å²) in [6.07, 6.45) is 0. The summed E-state index contributed by atoms with van der Waals surface area (Å²) < 4.78 is 27.2. The Morgan fingerprint density at radius 3 is 2.00 bits per heavy atom. The molecule has 1 saturated heterocycles. The van der Waals surface area contributed by atoms with E-state index in [1.54, 1.807) is 28.6 Å². The van der Waals surface area contributed by atoms with Crippen molar-refractivity contribution in [2.75, 3.05) is 26.2 Å². The standard InChI is InChI=1S/C21H21ClN2O2S.C2H2O4/c22-19-8-10-20(11-9-19)27(25,26)24-14-12-23(13-15-24)16-18-6-3-5-17-4-1-2-7-21(17)18;3-1(4)2(5)6/h1-11H,12-16H2;(H,3,4)(H,5,6). The van der Waals surface area contributed by atoms with Crippen molar-refractivity contribution in [3.8, 4) is 0 Å². The highest BCUT2D eigenvalue weighted by Gasteiger charge is 2.28. The Labute approximate surface area is 196 Å². The molecule has 0 amide bonds. The number of rotatable bonds is 4. The van der Waals surface area contributed by atoms with Crippen molar-refractivity contribution in [3.05, 3.63) is 77.3 Å². The fraction of sp³-hybridized carbons (Fsp3) is 0.217. The Balaban J connectivity index is 0.000000454. The predicted octanol–water partition coefficient (Wildman–Crippen LogP) is 3.16. The maximum atomic E-state index is 12.8. The van der Waals surface area contributed by atoms with Gasteiger partial charge in [-0.3, -0.25) is 4.90 Å². The molecule has 0 aromatic heterocycles. The monoisotopic (exact) mass is 490 g/mol. The molecule has 1 heterocycles. The van der Waals surface area contributed by atoms with E-state index in [0.717, 1.165) is 19.6 Å². The molecular formula is C23H23ClN2O6S. The minimum absolute atomic E-state index is 0.300. The van der Waals surface area contributed by atoms with Gasteiger partial charge in [-0.05, 0) is 40.6 Å². The molecule has 3 aromatic carbocycles. The summed E-state index contributed by atoms with van der Waals surface area (Å²) in [6, 6.07) is 21.1. The Morgan fingerprint density at radius 1 is 0.818 bits per heavy atom. The first-order valence-electron chi connectivity index (χ1n) is 10.1. The fourth-order valence-electron chi connectivity index (χ4n) is 3.55. The summed E-state index contributed by atoms with van der Waals surface area (Å²) in [4.78, 5) is 20.8. The van der Waals surface area contributed by atoms with Crippen LogP contribution in [-0.4, -0.2) is 66.0 Å². The van der Waals surface area contributed by atoms with Gasteiger partial charge in [-0.1, -0.05) is 54.1 Å². The van der Waals surface area contributed by atoms with Crippen LogP contribution < -0.4 is 0 Å². The first-order valence-corrected chi connectivity index (χ1v) is 11.9. The Bertz CT molecular complexity index is 1220. The molecule has 1 fully saturated rings. The molecule has 3 aromatic rings. The molecular weight excluding hydrogens is 468 g/mol. The number of nitrogens with zero attached hydrogens (tertiary/aromatic N) is 2. The molecule has 0 saturated carbocycles. The van der Waals surface area contributed by atoms with Gasteiger partial charge in [0, 0.05) is 37.7 Å². The molecule has 1 aliphatic heterocycles. The summed E-state index contributed by atoms with van der Waals surface area (Å²) in [5, 5.41) is 17.8. The largest absolute Gasteiger partial charge is 0.473 e. The first kappa shape index (κ1) is 24.7. The van der Waals surface area contributed by atoms with Crippen molar-refractivity contribution < 1.29 is 28.2 Å². The van der Waals surface area contributed by atoms with Gasteiger partial charge >= 0.3 is 11.9 Å². The van der Waals surface area contributed by atoms with Gasteiger partial charge in [0.25, 0.3) is 0 Å². The maximum absolute atomic E-state index is 12.8. The number of hydrogen-bond acceptors (Lipinski definition) is 5. The number of carboxylic acids is 2. The molecule has 33 heavy (non-hydrogen) atoms. The number of fused-ring (bicyclic) bond motifs is 1. The van der Waals surface area contributed by atoms with Crippen molar-refractivity contribution >= 4 is 44.3 Å². The van der Waals surface area contributed by atoms with Gasteiger partial charge in [0.1, 0.15) is 0 Å². The third-order valence-corrected chi connectivity index (χ3v) is 7.40. The molecule has 0 atom stereocenters. The molecule has 0 aliphatic carbocycles. The van der Waals surface area contributed by atoms with Crippen molar-refractivity contribution in [1.82, 2.24) is 9.21 Å². The summed E-state index contributed by atoms with van der Waals surface area (Å²) in [6.45, 7) is 3.26. The smallest absolute Gasteiger partial charge is 0.414 e. The third kappa shape index (κ3) is 6.29. The number of carboxylic acid groups (broad SMARTS) is 2. The lowest BCUT2D eigenvalue weighted by molar-refractivity contribution is -0.159. The van der Waals surface area contributed by atoms with E-state index in [4.69, 9.17) is 31.4 Å². The molecule has 0 bridgehead atoms. The summed E-state index contributed by atoms with van der Waals surface area (Å²) in [7, 11) is -3.46. The SMILES string of the molecule is O=C(O)C(=O)O.O=S(=O)(c1ccc(Cl)cc1)N1CCN(Cc2cccc3ccccc23)CC1. The predicted molar refractivity (Wildman–Crippen MR) is 125 cm³/mol. The van der Waals surface area contributed by atoms with Crippen LogP contribution >= 0.6 is 11.6 Å². The van der Waals surface area contributed by atoms with E-state index in [0.29, 0.717) is 23.0 Å². The normalized spacial score (nSPS) is 14.9. The number of aliphatic carboxylic acids is 2. The first-order chi connectivity index (χ1) is 15.7. The molecule has 174 valence electrons. The zero-order valence-corrected chi connectivity index (χ0v) is 19.2. The lowest BCUT2D eigenvalue weighted by Crippen LogP contribution is -2.48. The van der Waals surface area contributed by atoms with E-state index in [-0.39, 0.29) is 0 Å². The van der Waals surface area contributed by atoms with Crippen LogP contribution in [0.5, 0.6) is 0 Å². The molecule has 8 nitrogen and oxygen atoms in total. The number of benzene rings is 3. The number of halogens is 1.